The van der Waals surface area contributed by atoms with Crippen molar-refractivity contribution in [3.63, 3.8) is 0 Å². The first-order valence-corrected chi connectivity index (χ1v) is 8.66. The molecule has 0 N–H and O–H groups in total. The van der Waals surface area contributed by atoms with Gasteiger partial charge in [-0.25, -0.2) is 4.79 Å². The van der Waals surface area contributed by atoms with E-state index in [4.69, 9.17) is 14.2 Å². The van der Waals surface area contributed by atoms with Gasteiger partial charge >= 0.3 is 5.97 Å². The maximum Gasteiger partial charge on any atom is 0.337 e. The molecule has 0 aromatic rings. The van der Waals surface area contributed by atoms with Crippen molar-refractivity contribution in [1.29, 1.82) is 0 Å². The SMILES string of the molecule is CCCCCC[C@H]1OC(C(=O)OCC)COC1CCCC. The van der Waals surface area contributed by atoms with E-state index in [1.807, 2.05) is 6.92 Å². The third-order valence-electron chi connectivity index (χ3n) is 3.95. The molecule has 0 aromatic heterocycles. The third-order valence-corrected chi connectivity index (χ3v) is 3.95. The zero-order valence-electron chi connectivity index (χ0n) is 13.9. The lowest BCUT2D eigenvalue weighted by molar-refractivity contribution is -0.204. The molecule has 1 fully saturated rings. The Balaban J connectivity index is 2.47. The molecule has 0 bridgehead atoms. The predicted octanol–water partition coefficient (Wildman–Crippen LogP) is 3.86. The Morgan fingerprint density at radius 3 is 2.38 bits per heavy atom. The highest BCUT2D eigenvalue weighted by atomic mass is 16.6. The molecule has 0 aliphatic carbocycles. The number of rotatable bonds is 10. The molecule has 21 heavy (non-hydrogen) atoms. The van der Waals surface area contributed by atoms with Crippen LogP contribution >= 0.6 is 0 Å². The van der Waals surface area contributed by atoms with E-state index in [0.29, 0.717) is 13.2 Å². The van der Waals surface area contributed by atoms with Gasteiger partial charge in [0.15, 0.2) is 6.10 Å². The summed E-state index contributed by atoms with van der Waals surface area (Å²) in [6.45, 7) is 6.92. The highest BCUT2D eigenvalue weighted by molar-refractivity contribution is 5.74. The number of esters is 1. The standard InChI is InChI=1S/C17H32O4/c1-4-7-9-10-12-15-14(11-8-5-2)20-13-16(21-15)17(18)19-6-3/h14-16H,4-13H2,1-3H3/t14?,15-,16?/m1/s1. The van der Waals surface area contributed by atoms with Crippen LogP contribution in [0, 0.1) is 0 Å². The molecular weight excluding hydrogens is 268 g/mol. The van der Waals surface area contributed by atoms with Crippen LogP contribution in [0.2, 0.25) is 0 Å². The van der Waals surface area contributed by atoms with Crippen LogP contribution in [-0.4, -0.2) is 37.5 Å². The number of hydrogen-bond acceptors (Lipinski definition) is 4. The van der Waals surface area contributed by atoms with E-state index in [1.165, 1.54) is 19.3 Å². The molecule has 1 aliphatic heterocycles. The van der Waals surface area contributed by atoms with E-state index in [9.17, 15) is 4.79 Å². The number of carbonyl (C=O) groups excluding carboxylic acids is 1. The maximum absolute atomic E-state index is 11.8. The quantitative estimate of drug-likeness (QED) is 0.454. The molecule has 124 valence electrons. The van der Waals surface area contributed by atoms with Crippen molar-refractivity contribution in [2.45, 2.75) is 90.4 Å². The number of hydrogen-bond donors (Lipinski definition) is 0. The smallest absolute Gasteiger partial charge is 0.337 e. The van der Waals surface area contributed by atoms with Crippen molar-refractivity contribution in [3.05, 3.63) is 0 Å². The van der Waals surface area contributed by atoms with Crippen molar-refractivity contribution in [2.24, 2.45) is 0 Å². The van der Waals surface area contributed by atoms with E-state index in [0.717, 1.165) is 32.1 Å². The van der Waals surface area contributed by atoms with E-state index in [-0.39, 0.29) is 18.2 Å². The lowest BCUT2D eigenvalue weighted by Crippen LogP contribution is -2.47. The van der Waals surface area contributed by atoms with Crippen LogP contribution < -0.4 is 0 Å². The Labute approximate surface area is 129 Å². The van der Waals surface area contributed by atoms with Crippen LogP contribution in [0.25, 0.3) is 0 Å². The van der Waals surface area contributed by atoms with Gasteiger partial charge in [-0.05, 0) is 19.8 Å². The largest absolute Gasteiger partial charge is 0.464 e. The third kappa shape index (κ3) is 6.79. The highest BCUT2D eigenvalue weighted by Crippen LogP contribution is 2.24. The first-order chi connectivity index (χ1) is 10.2. The van der Waals surface area contributed by atoms with Crippen molar-refractivity contribution in [1.82, 2.24) is 0 Å². The van der Waals surface area contributed by atoms with E-state index in [1.54, 1.807) is 0 Å². The van der Waals surface area contributed by atoms with E-state index >= 15 is 0 Å². The molecular formula is C17H32O4. The zero-order chi connectivity index (χ0) is 15.5. The average Bonchev–Trinajstić information content (AvgIpc) is 2.50. The Morgan fingerprint density at radius 1 is 1.00 bits per heavy atom. The minimum atomic E-state index is -0.543. The number of carbonyl (C=O) groups is 1. The fourth-order valence-electron chi connectivity index (χ4n) is 2.72. The van der Waals surface area contributed by atoms with Gasteiger partial charge in [0.05, 0.1) is 25.4 Å². The molecule has 4 heteroatoms. The van der Waals surface area contributed by atoms with Gasteiger partial charge in [0.1, 0.15) is 0 Å². The molecule has 0 saturated carbocycles. The lowest BCUT2D eigenvalue weighted by Gasteiger charge is -2.36. The fraction of sp³-hybridized carbons (Fsp3) is 0.941. The van der Waals surface area contributed by atoms with Gasteiger partial charge < -0.3 is 14.2 Å². The van der Waals surface area contributed by atoms with Crippen molar-refractivity contribution >= 4 is 5.97 Å². The molecule has 1 rings (SSSR count). The van der Waals surface area contributed by atoms with Crippen LogP contribution in [0.1, 0.15) is 72.1 Å². The van der Waals surface area contributed by atoms with Gasteiger partial charge in [-0.1, -0.05) is 52.4 Å². The summed E-state index contributed by atoms with van der Waals surface area (Å²) >= 11 is 0. The van der Waals surface area contributed by atoms with Crippen molar-refractivity contribution < 1.29 is 19.0 Å². The predicted molar refractivity (Wildman–Crippen MR) is 83.3 cm³/mol. The van der Waals surface area contributed by atoms with E-state index in [2.05, 4.69) is 13.8 Å². The Hall–Kier alpha value is -0.610. The van der Waals surface area contributed by atoms with Gasteiger partial charge in [-0.15, -0.1) is 0 Å². The van der Waals surface area contributed by atoms with Crippen LogP contribution in [0.3, 0.4) is 0 Å². The van der Waals surface area contributed by atoms with Crippen LogP contribution in [-0.2, 0) is 19.0 Å². The van der Waals surface area contributed by atoms with Crippen LogP contribution in [0.5, 0.6) is 0 Å². The van der Waals surface area contributed by atoms with E-state index < -0.39 is 6.10 Å². The Kier molecular flexibility index (Phi) is 9.68. The fourth-order valence-corrected chi connectivity index (χ4v) is 2.72. The first-order valence-electron chi connectivity index (χ1n) is 8.66. The van der Waals surface area contributed by atoms with Crippen LogP contribution in [0.4, 0.5) is 0 Å². The summed E-state index contributed by atoms with van der Waals surface area (Å²) in [5.74, 6) is -0.287. The minimum absolute atomic E-state index is 0.0385. The first kappa shape index (κ1) is 18.4. The molecule has 0 aromatic carbocycles. The summed E-state index contributed by atoms with van der Waals surface area (Å²) in [5.41, 5.74) is 0. The number of unbranched alkanes of at least 4 members (excludes halogenated alkanes) is 4. The number of ether oxygens (including phenoxy) is 3. The zero-order valence-corrected chi connectivity index (χ0v) is 13.9. The normalized spacial score (nSPS) is 25.8. The average molecular weight is 300 g/mol. The van der Waals surface area contributed by atoms with Gasteiger partial charge in [0, 0.05) is 0 Å². The summed E-state index contributed by atoms with van der Waals surface area (Å²) in [6.07, 6.45) is 8.78. The second-order valence-corrected chi connectivity index (χ2v) is 5.78. The topological polar surface area (TPSA) is 44.8 Å². The highest BCUT2D eigenvalue weighted by Gasteiger charge is 2.35. The molecule has 3 atom stereocenters. The summed E-state index contributed by atoms with van der Waals surface area (Å²) in [7, 11) is 0. The summed E-state index contributed by atoms with van der Waals surface area (Å²) in [5, 5.41) is 0. The molecule has 0 spiro atoms. The summed E-state index contributed by atoms with van der Waals surface area (Å²) in [6, 6.07) is 0. The van der Waals surface area contributed by atoms with Gasteiger partial charge in [-0.2, -0.15) is 0 Å². The molecule has 0 radical (unpaired) electrons. The minimum Gasteiger partial charge on any atom is -0.464 e. The second-order valence-electron chi connectivity index (χ2n) is 5.78. The summed E-state index contributed by atoms with van der Waals surface area (Å²) < 4.78 is 16.9. The van der Waals surface area contributed by atoms with Gasteiger partial charge in [0.25, 0.3) is 0 Å². The molecule has 1 heterocycles. The van der Waals surface area contributed by atoms with Gasteiger partial charge in [0.2, 0.25) is 0 Å². The van der Waals surface area contributed by atoms with Crippen molar-refractivity contribution in [2.75, 3.05) is 13.2 Å². The lowest BCUT2D eigenvalue weighted by atomic mass is 9.99. The molecule has 0 amide bonds. The summed E-state index contributed by atoms with van der Waals surface area (Å²) in [4.78, 5) is 11.8. The second kappa shape index (κ2) is 11.0. The van der Waals surface area contributed by atoms with Crippen LogP contribution in [0.15, 0.2) is 0 Å². The van der Waals surface area contributed by atoms with Gasteiger partial charge in [-0.3, -0.25) is 0 Å². The molecule has 4 nitrogen and oxygen atoms in total. The maximum atomic E-state index is 11.8. The Bertz CT molecular complexity index is 280. The monoisotopic (exact) mass is 300 g/mol. The molecule has 1 saturated heterocycles. The van der Waals surface area contributed by atoms with Crippen molar-refractivity contribution in [3.8, 4) is 0 Å². The Morgan fingerprint density at radius 2 is 1.71 bits per heavy atom. The molecule has 1 aliphatic rings. The molecule has 2 unspecified atom stereocenters.